The fraction of sp³-hybridized carbons (Fsp3) is 0.600. The maximum absolute atomic E-state index is 11.5. The van der Waals surface area contributed by atoms with Gasteiger partial charge in [0, 0.05) is 5.92 Å². The summed E-state index contributed by atoms with van der Waals surface area (Å²) in [5, 5.41) is 18.7. The minimum Gasteiger partial charge on any atom is -0.480 e. The first kappa shape index (κ1) is 11.6. The van der Waals surface area contributed by atoms with Crippen molar-refractivity contribution in [3.63, 3.8) is 0 Å². The number of nitrogens with one attached hydrogen (secondary N) is 1. The summed E-state index contributed by atoms with van der Waals surface area (Å²) in [6.07, 6.45) is 2.46. The summed E-state index contributed by atoms with van der Waals surface area (Å²) in [5.41, 5.74) is 0.563. The third-order valence-electron chi connectivity index (χ3n) is 2.77. The molecule has 2 rings (SSSR count). The predicted octanol–water partition coefficient (Wildman–Crippen LogP) is -0.365. The van der Waals surface area contributed by atoms with E-state index in [4.69, 9.17) is 5.11 Å². The van der Waals surface area contributed by atoms with Crippen LogP contribution in [0.4, 0.5) is 0 Å². The largest absolute Gasteiger partial charge is 0.480 e. The second kappa shape index (κ2) is 4.52. The van der Waals surface area contributed by atoms with E-state index in [1.165, 1.54) is 10.9 Å². The first-order valence-electron chi connectivity index (χ1n) is 5.45. The Morgan fingerprint density at radius 3 is 2.94 bits per heavy atom. The lowest BCUT2D eigenvalue weighted by atomic mass is 10.3. The van der Waals surface area contributed by atoms with Gasteiger partial charge in [0.05, 0.1) is 12.7 Å². The zero-order valence-electron chi connectivity index (χ0n) is 9.46. The van der Waals surface area contributed by atoms with Crippen LogP contribution in [0.25, 0.3) is 0 Å². The van der Waals surface area contributed by atoms with Crippen molar-refractivity contribution in [2.75, 3.05) is 0 Å². The van der Waals surface area contributed by atoms with Crippen LogP contribution in [0.5, 0.6) is 0 Å². The standard InChI is InChI=1S/C10H14N4O3/c1-6-2-8(6)10(17)11-3-7-4-14(13-12-7)5-9(15)16/h4,6,8H,2-3,5H2,1H3,(H,11,17)(H,15,16). The van der Waals surface area contributed by atoms with Crippen LogP contribution in [0, 0.1) is 11.8 Å². The molecule has 2 unspecified atom stereocenters. The summed E-state index contributed by atoms with van der Waals surface area (Å²) < 4.78 is 1.23. The molecule has 0 saturated heterocycles. The number of nitrogens with zero attached hydrogens (tertiary/aromatic N) is 3. The summed E-state index contributed by atoms with van der Waals surface area (Å²) in [7, 11) is 0. The SMILES string of the molecule is CC1CC1C(=O)NCc1cn(CC(=O)O)nn1. The van der Waals surface area contributed by atoms with Gasteiger partial charge < -0.3 is 10.4 Å². The second-order valence-electron chi connectivity index (χ2n) is 4.34. The van der Waals surface area contributed by atoms with E-state index in [0.29, 0.717) is 18.2 Å². The third kappa shape index (κ3) is 3.02. The number of carboxylic acids is 1. The summed E-state index contributed by atoms with van der Waals surface area (Å²) in [6, 6.07) is 0. The Hall–Kier alpha value is -1.92. The Kier molecular flexibility index (Phi) is 3.08. The number of hydrogen-bond donors (Lipinski definition) is 2. The van der Waals surface area contributed by atoms with Gasteiger partial charge in [0.25, 0.3) is 0 Å². The van der Waals surface area contributed by atoms with Crippen molar-refractivity contribution in [2.45, 2.75) is 26.4 Å². The normalized spacial score (nSPS) is 22.2. The van der Waals surface area contributed by atoms with E-state index < -0.39 is 5.97 Å². The molecule has 1 fully saturated rings. The average Bonchev–Trinajstić information content (AvgIpc) is 2.82. The predicted molar refractivity (Wildman–Crippen MR) is 56.8 cm³/mol. The van der Waals surface area contributed by atoms with Crippen LogP contribution in [0.1, 0.15) is 19.0 Å². The molecule has 1 aliphatic rings. The molecule has 7 nitrogen and oxygen atoms in total. The molecule has 7 heteroatoms. The topological polar surface area (TPSA) is 97.1 Å². The highest BCUT2D eigenvalue weighted by Crippen LogP contribution is 2.37. The molecule has 1 aliphatic carbocycles. The molecule has 1 aromatic rings. The van der Waals surface area contributed by atoms with Gasteiger partial charge in [-0.3, -0.25) is 9.59 Å². The lowest BCUT2D eigenvalue weighted by Crippen LogP contribution is -2.25. The van der Waals surface area contributed by atoms with Gasteiger partial charge in [0.2, 0.25) is 5.91 Å². The zero-order chi connectivity index (χ0) is 12.4. The van der Waals surface area contributed by atoms with Crippen LogP contribution < -0.4 is 5.32 Å². The van der Waals surface area contributed by atoms with Crippen molar-refractivity contribution < 1.29 is 14.7 Å². The van der Waals surface area contributed by atoms with E-state index in [1.54, 1.807) is 0 Å². The molecular weight excluding hydrogens is 224 g/mol. The molecule has 2 N–H and O–H groups in total. The molecule has 1 heterocycles. The molecule has 2 atom stereocenters. The van der Waals surface area contributed by atoms with Crippen LogP contribution in [-0.4, -0.2) is 32.0 Å². The molecule has 1 saturated carbocycles. The number of amides is 1. The Labute approximate surface area is 97.8 Å². The smallest absolute Gasteiger partial charge is 0.325 e. The molecule has 0 radical (unpaired) electrons. The van der Waals surface area contributed by atoms with Crippen molar-refractivity contribution in [2.24, 2.45) is 11.8 Å². The molecule has 0 aromatic carbocycles. The van der Waals surface area contributed by atoms with Crippen molar-refractivity contribution >= 4 is 11.9 Å². The molecule has 1 aromatic heterocycles. The Balaban J connectivity index is 1.80. The average molecular weight is 238 g/mol. The monoisotopic (exact) mass is 238 g/mol. The molecule has 17 heavy (non-hydrogen) atoms. The van der Waals surface area contributed by atoms with E-state index >= 15 is 0 Å². The van der Waals surface area contributed by atoms with Crippen molar-refractivity contribution in [3.05, 3.63) is 11.9 Å². The Bertz CT molecular complexity index is 443. The van der Waals surface area contributed by atoms with Gasteiger partial charge in [-0.15, -0.1) is 5.10 Å². The molecule has 0 bridgehead atoms. The van der Waals surface area contributed by atoms with Gasteiger partial charge in [-0.2, -0.15) is 0 Å². The van der Waals surface area contributed by atoms with E-state index in [9.17, 15) is 9.59 Å². The Morgan fingerprint density at radius 1 is 1.65 bits per heavy atom. The summed E-state index contributed by atoms with van der Waals surface area (Å²) in [5.74, 6) is -0.343. The molecule has 1 amide bonds. The quantitative estimate of drug-likeness (QED) is 0.729. The Morgan fingerprint density at radius 2 is 2.35 bits per heavy atom. The first-order chi connectivity index (χ1) is 8.06. The van der Waals surface area contributed by atoms with Crippen LogP contribution in [0.3, 0.4) is 0 Å². The van der Waals surface area contributed by atoms with Gasteiger partial charge in [0.15, 0.2) is 0 Å². The number of carboxylic acid groups (broad SMARTS) is 1. The fourth-order valence-electron chi connectivity index (χ4n) is 1.63. The highest BCUT2D eigenvalue weighted by Gasteiger charge is 2.38. The van der Waals surface area contributed by atoms with Crippen LogP contribution in [0.2, 0.25) is 0 Å². The minimum atomic E-state index is -0.975. The summed E-state index contributed by atoms with van der Waals surface area (Å²) in [4.78, 5) is 21.9. The number of aliphatic carboxylic acids is 1. The van der Waals surface area contributed by atoms with Crippen molar-refractivity contribution in [1.29, 1.82) is 0 Å². The number of rotatable bonds is 5. The first-order valence-corrected chi connectivity index (χ1v) is 5.45. The van der Waals surface area contributed by atoms with E-state index in [-0.39, 0.29) is 18.4 Å². The third-order valence-corrected chi connectivity index (χ3v) is 2.77. The van der Waals surface area contributed by atoms with Gasteiger partial charge in [-0.1, -0.05) is 12.1 Å². The number of carbonyl (C=O) groups is 2. The van der Waals surface area contributed by atoms with Gasteiger partial charge in [0.1, 0.15) is 12.2 Å². The highest BCUT2D eigenvalue weighted by atomic mass is 16.4. The second-order valence-corrected chi connectivity index (χ2v) is 4.34. The maximum atomic E-state index is 11.5. The molecule has 92 valence electrons. The highest BCUT2D eigenvalue weighted by molar-refractivity contribution is 5.81. The molecular formula is C10H14N4O3. The molecule has 0 spiro atoms. The number of carbonyl (C=O) groups excluding carboxylic acids is 1. The lowest BCUT2D eigenvalue weighted by Gasteiger charge is -2.00. The van der Waals surface area contributed by atoms with Gasteiger partial charge in [-0.05, 0) is 12.3 Å². The van der Waals surface area contributed by atoms with Crippen LogP contribution in [0.15, 0.2) is 6.20 Å². The molecule has 0 aliphatic heterocycles. The van der Waals surface area contributed by atoms with Gasteiger partial charge >= 0.3 is 5.97 Å². The summed E-state index contributed by atoms with van der Waals surface area (Å²) in [6.45, 7) is 2.11. The van der Waals surface area contributed by atoms with Crippen molar-refractivity contribution in [1.82, 2.24) is 20.3 Å². The minimum absolute atomic E-state index is 0.0327. The van der Waals surface area contributed by atoms with Gasteiger partial charge in [-0.25, -0.2) is 4.68 Å². The summed E-state index contributed by atoms with van der Waals surface area (Å²) >= 11 is 0. The van der Waals surface area contributed by atoms with E-state index in [2.05, 4.69) is 15.6 Å². The lowest BCUT2D eigenvalue weighted by molar-refractivity contribution is -0.138. The fourth-order valence-corrected chi connectivity index (χ4v) is 1.63. The maximum Gasteiger partial charge on any atom is 0.325 e. The van der Waals surface area contributed by atoms with Crippen molar-refractivity contribution in [3.8, 4) is 0 Å². The van der Waals surface area contributed by atoms with E-state index in [0.717, 1.165) is 6.42 Å². The van der Waals surface area contributed by atoms with E-state index in [1.807, 2.05) is 6.92 Å². The zero-order valence-corrected chi connectivity index (χ0v) is 9.46. The van der Waals surface area contributed by atoms with Crippen LogP contribution in [-0.2, 0) is 22.7 Å². The number of hydrogen-bond acceptors (Lipinski definition) is 4. The number of aromatic nitrogens is 3. The van der Waals surface area contributed by atoms with Crippen LogP contribution >= 0.6 is 0 Å².